The zero-order valence-corrected chi connectivity index (χ0v) is 74.7. The van der Waals surface area contributed by atoms with Gasteiger partial charge in [0.05, 0.1) is 44.0 Å². The lowest BCUT2D eigenvalue weighted by molar-refractivity contribution is 0.579. The molecule has 0 aliphatic heterocycles. The molecule has 0 saturated heterocycles. The van der Waals surface area contributed by atoms with Gasteiger partial charge in [0, 0.05) is 224 Å². The first kappa shape index (κ1) is 90.7. The molecule has 0 spiro atoms. The topological polar surface area (TPSA) is 396 Å². The highest BCUT2D eigenvalue weighted by atomic mass is 35.5. The molecule has 17 aromatic heterocycles. The van der Waals surface area contributed by atoms with Gasteiger partial charge in [-0.15, -0.1) is 0 Å². The molecule has 0 bridgehead atoms. The maximum absolute atomic E-state index is 13.4. The number of aryl methyl sites for hydroxylation is 2. The van der Waals surface area contributed by atoms with Gasteiger partial charge in [-0.05, 0) is 163 Å². The summed E-state index contributed by atoms with van der Waals surface area (Å²) in [5.74, 6) is -0.700. The fourth-order valence-corrected chi connectivity index (χ4v) is 15.6. The van der Waals surface area contributed by atoms with Crippen molar-refractivity contribution in [3.8, 4) is 112 Å². The van der Waals surface area contributed by atoms with Crippen LogP contribution in [0.2, 0.25) is 15.1 Å². The predicted molar refractivity (Wildman–Crippen MR) is 524 cm³/mol. The molecular weight excluding hydrogens is 1770 g/mol. The first-order valence-electron chi connectivity index (χ1n) is 41.7. The lowest BCUT2D eigenvalue weighted by atomic mass is 9.99. The third kappa shape index (κ3) is 19.3. The SMILES string of the molecule is CC(C)n1cc(-c2cc3c(=O)cc[nH]c3nc2-c2ccc(F)cc2)cc(Cl)c1=O.CC(C)n1cc(-c2cc3c(=O)cc[nH]c3nc2-c2ccc(F)cc2)ccc1=O.CC(C)n1cc(-c2cc3c(=O)cc[nH]c3nc2-c2ccn(C)n2)cc(Cl)c1=O.Cn1ccc(-c2nc3[nH]ccc(=O)c3cc2-c2ccc(=O)[nH]c2)n1.O=c1[nH]cc(-c2cc3c(=O)cc[nH]c3nc2-c2ccccc2)cc1Cl.[HH].[HH]. The van der Waals surface area contributed by atoms with E-state index in [1.54, 1.807) is 159 Å². The van der Waals surface area contributed by atoms with Gasteiger partial charge in [-0.25, -0.2) is 33.7 Å². The monoisotopic (exact) mass is 1850 g/mol. The van der Waals surface area contributed by atoms with Crippen LogP contribution in [0.4, 0.5) is 8.78 Å². The third-order valence-electron chi connectivity index (χ3n) is 21.7. The Morgan fingerprint density at radius 2 is 0.634 bits per heavy atom. The van der Waals surface area contributed by atoms with E-state index in [-0.39, 0.29) is 103 Å². The molecule has 0 aliphatic carbocycles. The van der Waals surface area contributed by atoms with Crippen molar-refractivity contribution in [1.82, 2.24) is 93.1 Å². The molecular formula is C100H82Cl3F2N19O10. The van der Waals surface area contributed by atoms with Gasteiger partial charge in [0.1, 0.15) is 77.7 Å². The van der Waals surface area contributed by atoms with Gasteiger partial charge in [-0.2, -0.15) is 10.2 Å². The maximum Gasteiger partial charge on any atom is 0.269 e. The summed E-state index contributed by atoms with van der Waals surface area (Å²) in [5, 5.41) is 11.4. The Balaban J connectivity index is 0.000000136. The van der Waals surface area contributed by atoms with Crippen molar-refractivity contribution in [3.63, 3.8) is 0 Å². The van der Waals surface area contributed by atoms with Crippen LogP contribution < -0.4 is 54.9 Å². The molecule has 29 nitrogen and oxygen atoms in total. The van der Waals surface area contributed by atoms with Crippen molar-refractivity contribution in [2.24, 2.45) is 14.1 Å². The van der Waals surface area contributed by atoms with Crippen molar-refractivity contribution in [3.05, 3.63) is 398 Å². The van der Waals surface area contributed by atoms with Crippen molar-refractivity contribution in [2.45, 2.75) is 59.7 Å². The maximum atomic E-state index is 13.4. The largest absolute Gasteiger partial charge is 0.346 e. The first-order valence-corrected chi connectivity index (χ1v) is 42.9. The van der Waals surface area contributed by atoms with Crippen molar-refractivity contribution in [2.75, 3.05) is 0 Å². The lowest BCUT2D eigenvalue weighted by Gasteiger charge is -2.15. The molecule has 0 amide bonds. The molecule has 17 heterocycles. The number of hydrogen-bond acceptors (Lipinski definition) is 17. The third-order valence-corrected chi connectivity index (χ3v) is 22.5. The molecule has 0 aliphatic rings. The number of nitrogens with one attached hydrogen (secondary N) is 7. The molecule has 7 N–H and O–H groups in total. The normalized spacial score (nSPS) is 11.2. The highest BCUT2D eigenvalue weighted by Crippen LogP contribution is 2.39. The Bertz CT molecular complexity index is 8630. The van der Waals surface area contributed by atoms with Crippen LogP contribution >= 0.6 is 34.8 Å². The highest BCUT2D eigenvalue weighted by molar-refractivity contribution is 6.31. The summed E-state index contributed by atoms with van der Waals surface area (Å²) in [7, 11) is 3.65. The summed E-state index contributed by atoms with van der Waals surface area (Å²) in [6.07, 6.45) is 19.8. The predicted octanol–water partition coefficient (Wildman–Crippen LogP) is 18.1. The van der Waals surface area contributed by atoms with Gasteiger partial charge in [0.2, 0.25) is 5.56 Å². The van der Waals surface area contributed by atoms with Crippen LogP contribution in [-0.4, -0.2) is 93.1 Å². The zero-order chi connectivity index (χ0) is 94.6. The Morgan fingerprint density at radius 3 is 0.993 bits per heavy atom. The quantitative estimate of drug-likeness (QED) is 0.0564. The molecule has 0 unspecified atom stereocenters. The number of halogens is 5. The van der Waals surface area contributed by atoms with E-state index >= 15 is 0 Å². The number of aromatic nitrogens is 19. The van der Waals surface area contributed by atoms with Crippen LogP contribution in [0.25, 0.3) is 167 Å². The Labute approximate surface area is 774 Å². The molecule has 3 aromatic carbocycles. The van der Waals surface area contributed by atoms with Crippen LogP contribution in [0.5, 0.6) is 0 Å². The molecule has 0 saturated carbocycles. The summed E-state index contributed by atoms with van der Waals surface area (Å²) in [5.41, 5.74) is 14.1. The molecule has 34 heteroatoms. The van der Waals surface area contributed by atoms with Gasteiger partial charge in [0.15, 0.2) is 27.1 Å². The van der Waals surface area contributed by atoms with Crippen molar-refractivity contribution in [1.29, 1.82) is 0 Å². The van der Waals surface area contributed by atoms with E-state index in [1.165, 1.54) is 77.5 Å². The minimum Gasteiger partial charge on any atom is -0.346 e. The van der Waals surface area contributed by atoms with Crippen LogP contribution in [0.15, 0.2) is 316 Å². The standard InChI is InChI=1S/C22H17ClFN3O2.C22H18FN3O2.C20H18ClN5O2.C19H12ClN3O2.C17H13N5O2.2H2/c1-12(2)27-11-14(9-18(23)22(27)29)16-10-17-19(28)7-8-25-21(17)26-20(16)13-3-5-15(24)6-4-13;1-13(2)26-12-15(5-8-20(26)28)17-11-18-19(27)9-10-24-22(18)25-21(17)14-3-6-16(23)7-4-14;1-11(2)26-10-12(8-15(21)20(26)28)13-9-14-17(27)4-6-22-19(14)23-18(13)16-5-7-25(3)24-16;20-15-8-12(10-22-19(15)25)13-9-14-16(24)6-7-21-18(14)23-17(13)11-4-2-1-3-5-11;1-22-7-5-13(21-22)16-11(10-2-3-15(24)19-9-10)8-12-14(23)4-6-18-17(12)20-16;;/h3-12H,1-2H3,(H,25,26,28);3-13H,1-2H3,(H,24,25,27);4-11H,1-3H3,(H,22,23,27);1-10H,(H,22,25)(H,21,23,24);2-9H,1H3,(H,19,24)(H,18,20,23);2*1H. The Kier molecular flexibility index (Phi) is 26.1. The van der Waals surface area contributed by atoms with Crippen molar-refractivity contribution < 1.29 is 11.6 Å². The number of pyridine rings is 15. The van der Waals surface area contributed by atoms with E-state index in [2.05, 4.69) is 70.0 Å². The number of aromatic amines is 7. The van der Waals surface area contributed by atoms with Gasteiger partial charge in [0.25, 0.3) is 22.2 Å². The fourth-order valence-electron chi connectivity index (χ4n) is 15.0. The number of fused-ring (bicyclic) bond motifs is 5. The zero-order valence-electron chi connectivity index (χ0n) is 72.5. The molecule has 0 atom stereocenters. The fraction of sp³-hybridized carbons (Fsp3) is 0.110. The number of nitrogens with zero attached hydrogens (tertiary/aromatic N) is 12. The summed E-state index contributed by atoms with van der Waals surface area (Å²) in [6, 6.07) is 52.2. The first-order chi connectivity index (χ1) is 64.4. The van der Waals surface area contributed by atoms with Gasteiger partial charge in [-0.1, -0.05) is 65.1 Å². The van der Waals surface area contributed by atoms with E-state index in [0.29, 0.717) is 145 Å². The van der Waals surface area contributed by atoms with Crippen LogP contribution in [-0.2, 0) is 14.1 Å². The van der Waals surface area contributed by atoms with Crippen LogP contribution in [0.3, 0.4) is 0 Å². The van der Waals surface area contributed by atoms with E-state index in [9.17, 15) is 56.7 Å². The minimum absolute atomic E-state index is 0. The second-order valence-corrected chi connectivity index (χ2v) is 33.0. The molecule has 134 heavy (non-hydrogen) atoms. The summed E-state index contributed by atoms with van der Waals surface area (Å²) in [6.45, 7) is 11.4. The average molecular weight is 1850 g/mol. The van der Waals surface area contributed by atoms with Gasteiger partial charge in [-0.3, -0.25) is 57.3 Å². The average Bonchev–Trinajstić information content (AvgIpc) is 1.02. The Hall–Kier alpha value is -16.6. The second kappa shape index (κ2) is 38.6. The van der Waals surface area contributed by atoms with Crippen molar-refractivity contribution >= 4 is 90.0 Å². The second-order valence-electron chi connectivity index (χ2n) is 31.8. The summed E-state index contributed by atoms with van der Waals surface area (Å²) < 4.78 is 35.0. The number of benzene rings is 3. The number of H-pyrrole nitrogens is 7. The molecule has 20 rings (SSSR count). The minimum atomic E-state index is -0.363. The summed E-state index contributed by atoms with van der Waals surface area (Å²) >= 11 is 18.4. The van der Waals surface area contributed by atoms with Crippen LogP contribution in [0.1, 0.15) is 62.5 Å². The number of rotatable bonds is 13. The van der Waals surface area contributed by atoms with Gasteiger partial charge < -0.3 is 48.6 Å². The lowest BCUT2D eigenvalue weighted by Crippen LogP contribution is -2.21. The Morgan fingerprint density at radius 1 is 0.313 bits per heavy atom. The smallest absolute Gasteiger partial charge is 0.269 e. The molecule has 672 valence electrons. The summed E-state index contributed by atoms with van der Waals surface area (Å²) in [4.78, 5) is 165. The molecule has 0 fully saturated rings. The van der Waals surface area contributed by atoms with E-state index in [0.717, 1.165) is 22.3 Å². The van der Waals surface area contributed by atoms with E-state index in [4.69, 9.17) is 34.8 Å². The molecule has 20 aromatic rings. The van der Waals surface area contributed by atoms with E-state index < -0.39 is 0 Å². The van der Waals surface area contributed by atoms with Gasteiger partial charge >= 0.3 is 0 Å². The highest BCUT2D eigenvalue weighted by Gasteiger charge is 2.24. The number of hydrogen-bond donors (Lipinski definition) is 7. The molecule has 0 radical (unpaired) electrons. The van der Waals surface area contributed by atoms with E-state index in [1.807, 2.05) is 110 Å². The van der Waals surface area contributed by atoms with Crippen LogP contribution in [0, 0.1) is 11.6 Å².